The molecular formula is C13H26ClN7. The Morgan fingerprint density at radius 2 is 2.00 bits per heavy atom. The van der Waals surface area contributed by atoms with Crippen LogP contribution >= 0.6 is 12.4 Å². The Bertz CT molecular complexity index is 452. The minimum absolute atomic E-state index is 0. The van der Waals surface area contributed by atoms with Crippen molar-refractivity contribution in [1.82, 2.24) is 19.9 Å². The quantitative estimate of drug-likeness (QED) is 0.841. The Morgan fingerprint density at radius 1 is 1.29 bits per heavy atom. The molecule has 0 aliphatic carbocycles. The number of hydrogen-bond acceptors (Lipinski definition) is 7. The maximum atomic E-state index is 6.09. The third kappa shape index (κ3) is 4.66. The summed E-state index contributed by atoms with van der Waals surface area (Å²) in [4.78, 5) is 17.0. The van der Waals surface area contributed by atoms with E-state index >= 15 is 0 Å². The zero-order valence-corrected chi connectivity index (χ0v) is 13.8. The van der Waals surface area contributed by atoms with Crippen molar-refractivity contribution in [2.45, 2.75) is 44.8 Å². The second-order valence-corrected chi connectivity index (χ2v) is 5.70. The summed E-state index contributed by atoms with van der Waals surface area (Å²) >= 11 is 0. The van der Waals surface area contributed by atoms with Gasteiger partial charge in [0.25, 0.3) is 0 Å². The molecular weight excluding hydrogens is 290 g/mol. The molecule has 120 valence electrons. The highest BCUT2D eigenvalue weighted by molar-refractivity contribution is 5.85. The van der Waals surface area contributed by atoms with Gasteiger partial charge in [-0.25, -0.2) is 0 Å². The molecule has 7 nitrogen and oxygen atoms in total. The lowest BCUT2D eigenvalue weighted by Crippen LogP contribution is -2.48. The predicted molar refractivity (Wildman–Crippen MR) is 87.5 cm³/mol. The molecule has 21 heavy (non-hydrogen) atoms. The van der Waals surface area contributed by atoms with E-state index in [0.29, 0.717) is 24.4 Å². The van der Waals surface area contributed by atoms with E-state index in [-0.39, 0.29) is 24.4 Å². The second kappa shape index (κ2) is 7.72. The number of hydrogen-bond donors (Lipinski definition) is 2. The zero-order valence-electron chi connectivity index (χ0n) is 13.0. The molecule has 1 aliphatic heterocycles. The monoisotopic (exact) mass is 315 g/mol. The zero-order chi connectivity index (χ0) is 14.7. The molecule has 1 aromatic heterocycles. The first-order chi connectivity index (χ1) is 9.47. The average molecular weight is 316 g/mol. The topological polar surface area (TPSA) is 97.2 Å². The van der Waals surface area contributed by atoms with Gasteiger partial charge in [-0.05, 0) is 26.3 Å². The smallest absolute Gasteiger partial charge is 0.229 e. The van der Waals surface area contributed by atoms with E-state index in [1.807, 2.05) is 19.0 Å². The third-order valence-electron chi connectivity index (χ3n) is 3.70. The van der Waals surface area contributed by atoms with Crippen LogP contribution in [0.3, 0.4) is 0 Å². The van der Waals surface area contributed by atoms with Crippen molar-refractivity contribution in [1.29, 1.82) is 0 Å². The molecule has 8 heteroatoms. The van der Waals surface area contributed by atoms with E-state index in [1.54, 1.807) is 0 Å². The van der Waals surface area contributed by atoms with Crippen LogP contribution < -0.4 is 16.4 Å². The van der Waals surface area contributed by atoms with Gasteiger partial charge in [0, 0.05) is 26.2 Å². The fourth-order valence-corrected chi connectivity index (χ4v) is 2.69. The van der Waals surface area contributed by atoms with Crippen molar-refractivity contribution in [2.75, 3.05) is 31.3 Å². The molecule has 1 aromatic rings. The number of anilines is 2. The average Bonchev–Trinajstić information content (AvgIpc) is 2.38. The molecule has 0 radical (unpaired) electrons. The van der Waals surface area contributed by atoms with Gasteiger partial charge < -0.3 is 16.4 Å². The molecule has 0 amide bonds. The van der Waals surface area contributed by atoms with Gasteiger partial charge in [0.1, 0.15) is 5.82 Å². The molecule has 2 atom stereocenters. The number of likely N-dealkylation sites (tertiary alicyclic amines) is 1. The van der Waals surface area contributed by atoms with Crippen LogP contribution in [0.5, 0.6) is 0 Å². The van der Waals surface area contributed by atoms with Crippen molar-refractivity contribution in [3.63, 3.8) is 0 Å². The van der Waals surface area contributed by atoms with E-state index in [2.05, 4.69) is 26.8 Å². The van der Waals surface area contributed by atoms with E-state index < -0.39 is 0 Å². The first-order valence-electron chi connectivity index (χ1n) is 7.14. The number of halogens is 1. The number of nitrogens with zero attached hydrogens (tertiary/aromatic N) is 5. The van der Waals surface area contributed by atoms with Crippen LogP contribution in [0, 0.1) is 0 Å². The summed E-state index contributed by atoms with van der Waals surface area (Å²) in [5.41, 5.74) is 11.9. The minimum atomic E-state index is 0. The molecule has 2 unspecified atom stereocenters. The summed E-state index contributed by atoms with van der Waals surface area (Å²) in [6, 6.07) is 0.548. The van der Waals surface area contributed by atoms with Crippen LogP contribution in [0.1, 0.15) is 32.0 Å². The molecule has 0 saturated carbocycles. The maximum Gasteiger partial charge on any atom is 0.229 e. The van der Waals surface area contributed by atoms with Crippen LogP contribution in [-0.2, 0) is 6.54 Å². The normalized spacial score (nSPS) is 20.7. The van der Waals surface area contributed by atoms with Crippen LogP contribution in [-0.4, -0.2) is 52.6 Å². The predicted octanol–water partition coefficient (Wildman–Crippen LogP) is 0.643. The van der Waals surface area contributed by atoms with Crippen LogP contribution in [0.2, 0.25) is 0 Å². The number of piperidine rings is 1. The van der Waals surface area contributed by atoms with Gasteiger partial charge in [-0.2, -0.15) is 15.0 Å². The highest BCUT2D eigenvalue weighted by atomic mass is 35.5. The van der Waals surface area contributed by atoms with Gasteiger partial charge in [-0.3, -0.25) is 4.90 Å². The van der Waals surface area contributed by atoms with Crippen molar-refractivity contribution < 1.29 is 0 Å². The SMILES string of the molecule is CC(N)C1CCCCN1Cc1nc(N)nc(N(C)C)n1.Cl. The molecule has 2 rings (SSSR count). The largest absolute Gasteiger partial charge is 0.368 e. The van der Waals surface area contributed by atoms with Gasteiger partial charge in [0.05, 0.1) is 6.54 Å². The van der Waals surface area contributed by atoms with Gasteiger partial charge in [-0.15, -0.1) is 12.4 Å². The standard InChI is InChI=1S/C13H25N7.ClH/c1-9(14)10-6-4-5-7-20(10)8-11-16-12(15)18-13(17-11)19(2)3;/h9-10H,4-8,14H2,1-3H3,(H2,15,16,17,18);1H. The van der Waals surface area contributed by atoms with Gasteiger partial charge >= 0.3 is 0 Å². The molecule has 1 aliphatic rings. The van der Waals surface area contributed by atoms with Crippen molar-refractivity contribution in [3.8, 4) is 0 Å². The highest BCUT2D eigenvalue weighted by Crippen LogP contribution is 2.21. The van der Waals surface area contributed by atoms with E-state index in [4.69, 9.17) is 11.5 Å². The number of nitrogen functional groups attached to an aromatic ring is 1. The van der Waals surface area contributed by atoms with Gasteiger partial charge in [0.2, 0.25) is 11.9 Å². The number of nitrogens with two attached hydrogens (primary N) is 2. The minimum Gasteiger partial charge on any atom is -0.368 e. The van der Waals surface area contributed by atoms with Gasteiger partial charge in [0.15, 0.2) is 0 Å². The van der Waals surface area contributed by atoms with Crippen molar-refractivity contribution in [2.24, 2.45) is 5.73 Å². The lowest BCUT2D eigenvalue weighted by atomic mass is 9.97. The molecule has 1 fully saturated rings. The van der Waals surface area contributed by atoms with Crippen molar-refractivity contribution >= 4 is 24.3 Å². The van der Waals surface area contributed by atoms with Crippen LogP contribution in [0.15, 0.2) is 0 Å². The summed E-state index contributed by atoms with van der Waals surface area (Å²) in [5.74, 6) is 1.59. The fraction of sp³-hybridized carbons (Fsp3) is 0.769. The van der Waals surface area contributed by atoms with Crippen LogP contribution in [0.4, 0.5) is 11.9 Å². The Labute approximate surface area is 132 Å². The first kappa shape index (κ1) is 17.9. The second-order valence-electron chi connectivity index (χ2n) is 5.70. The third-order valence-corrected chi connectivity index (χ3v) is 3.70. The molecule has 1 saturated heterocycles. The Kier molecular flexibility index (Phi) is 6.57. The first-order valence-corrected chi connectivity index (χ1v) is 7.14. The summed E-state index contributed by atoms with van der Waals surface area (Å²) in [7, 11) is 3.79. The fourth-order valence-electron chi connectivity index (χ4n) is 2.69. The number of aromatic nitrogens is 3. The summed E-state index contributed by atoms with van der Waals surface area (Å²) in [5, 5.41) is 0. The van der Waals surface area contributed by atoms with E-state index in [0.717, 1.165) is 13.0 Å². The molecule has 0 aromatic carbocycles. The Morgan fingerprint density at radius 3 is 2.62 bits per heavy atom. The van der Waals surface area contributed by atoms with E-state index in [1.165, 1.54) is 12.8 Å². The lowest BCUT2D eigenvalue weighted by Gasteiger charge is -2.37. The summed E-state index contributed by atoms with van der Waals surface area (Å²) in [6.45, 7) is 3.78. The number of rotatable bonds is 4. The Hall–Kier alpha value is -1.18. The molecule has 0 spiro atoms. The molecule has 0 bridgehead atoms. The Balaban J connectivity index is 0.00000220. The van der Waals surface area contributed by atoms with Gasteiger partial charge in [-0.1, -0.05) is 6.42 Å². The maximum absolute atomic E-state index is 6.09. The van der Waals surface area contributed by atoms with E-state index in [9.17, 15) is 0 Å². The molecule has 2 heterocycles. The van der Waals surface area contributed by atoms with Crippen molar-refractivity contribution in [3.05, 3.63) is 5.82 Å². The molecule has 4 N–H and O–H groups in total. The highest BCUT2D eigenvalue weighted by Gasteiger charge is 2.26. The summed E-state index contributed by atoms with van der Waals surface area (Å²) < 4.78 is 0. The van der Waals surface area contributed by atoms with Crippen LogP contribution in [0.25, 0.3) is 0 Å². The summed E-state index contributed by atoms with van der Waals surface area (Å²) in [6.07, 6.45) is 3.58. The lowest BCUT2D eigenvalue weighted by molar-refractivity contribution is 0.120.